The first-order valence-corrected chi connectivity index (χ1v) is 16.6. The maximum absolute atomic E-state index is 13.7. The van der Waals surface area contributed by atoms with Crippen molar-refractivity contribution < 1.29 is 31.1 Å². The summed E-state index contributed by atoms with van der Waals surface area (Å²) in [6.45, 7) is 4.13. The van der Waals surface area contributed by atoms with Gasteiger partial charge in [-0.15, -0.1) is 0 Å². The van der Waals surface area contributed by atoms with Gasteiger partial charge in [-0.25, -0.2) is 8.42 Å². The fraction of sp³-hybridized carbons (Fsp3) is 0.500. The Bertz CT molecular complexity index is 1610. The Kier molecular flexibility index (Phi) is 9.97. The lowest BCUT2D eigenvalue weighted by molar-refractivity contribution is -0.140. The first-order chi connectivity index (χ1) is 21.1. The summed E-state index contributed by atoms with van der Waals surface area (Å²) in [5.41, 5.74) is 2.07. The zero-order valence-electron chi connectivity index (χ0n) is 25.0. The second-order valence-corrected chi connectivity index (χ2v) is 13.5. The van der Waals surface area contributed by atoms with Gasteiger partial charge in [0, 0.05) is 55.5 Å². The van der Waals surface area contributed by atoms with Gasteiger partial charge < -0.3 is 29.6 Å². The minimum absolute atomic E-state index is 0.0343. The summed E-state index contributed by atoms with van der Waals surface area (Å²) in [6.07, 6.45) is -0.373. The van der Waals surface area contributed by atoms with E-state index in [9.17, 15) is 21.6 Å². The molecular weight excluding hydrogens is 593 g/mol. The normalized spacial score (nSPS) is 17.3. The first kappa shape index (κ1) is 32.0. The van der Waals surface area contributed by atoms with Crippen LogP contribution in [0.5, 0.6) is 5.75 Å². The van der Waals surface area contributed by atoms with Gasteiger partial charge in [0.1, 0.15) is 12.3 Å². The number of ether oxygens (including phenoxy) is 2. The molecule has 238 valence electrons. The number of alkyl halides is 3. The zero-order chi connectivity index (χ0) is 31.3. The molecule has 5 rings (SSSR count). The molecule has 0 unspecified atom stereocenters. The van der Waals surface area contributed by atoms with E-state index in [1.165, 1.54) is 23.8 Å². The van der Waals surface area contributed by atoms with Crippen LogP contribution in [0.3, 0.4) is 0 Å². The van der Waals surface area contributed by atoms with E-state index in [1.54, 1.807) is 31.2 Å². The third-order valence-electron chi connectivity index (χ3n) is 8.38. The van der Waals surface area contributed by atoms with Crippen molar-refractivity contribution in [1.82, 2.24) is 9.47 Å². The van der Waals surface area contributed by atoms with Crippen molar-refractivity contribution in [3.63, 3.8) is 0 Å². The SMILES string of the molecule is CCS(=O)(=O)c1ccc(NCC#Cc2cc3c(NC4CCN(C5CCOCC5)CC4)cccc3n2CC(F)(F)F)c(OC)c1. The van der Waals surface area contributed by atoms with E-state index < -0.39 is 22.6 Å². The number of likely N-dealkylation sites (tertiary alicyclic amines) is 1. The van der Waals surface area contributed by atoms with E-state index >= 15 is 0 Å². The van der Waals surface area contributed by atoms with E-state index in [4.69, 9.17) is 9.47 Å². The number of anilines is 2. The number of methoxy groups -OCH3 is 1. The van der Waals surface area contributed by atoms with Crippen molar-refractivity contribution in [3.05, 3.63) is 48.2 Å². The Hall–Kier alpha value is -3.40. The number of piperidine rings is 1. The lowest BCUT2D eigenvalue weighted by atomic mass is 9.99. The molecule has 0 radical (unpaired) electrons. The molecule has 2 saturated heterocycles. The summed E-state index contributed by atoms with van der Waals surface area (Å²) in [7, 11) is -1.97. The van der Waals surface area contributed by atoms with Crippen molar-refractivity contribution in [2.45, 2.75) is 62.3 Å². The van der Waals surface area contributed by atoms with Gasteiger partial charge in [-0.05, 0) is 61.9 Å². The fourth-order valence-corrected chi connectivity index (χ4v) is 6.89. The predicted molar refractivity (Wildman–Crippen MR) is 166 cm³/mol. The fourth-order valence-electron chi connectivity index (χ4n) is 5.99. The van der Waals surface area contributed by atoms with Crippen molar-refractivity contribution in [2.75, 3.05) is 56.3 Å². The molecule has 0 atom stereocenters. The van der Waals surface area contributed by atoms with Gasteiger partial charge >= 0.3 is 6.18 Å². The number of sulfone groups is 1. The Morgan fingerprint density at radius 2 is 1.80 bits per heavy atom. The van der Waals surface area contributed by atoms with Gasteiger partial charge in [-0.2, -0.15) is 13.2 Å². The van der Waals surface area contributed by atoms with Crippen molar-refractivity contribution in [1.29, 1.82) is 0 Å². The molecule has 2 aliphatic heterocycles. The van der Waals surface area contributed by atoms with E-state index in [0.717, 1.165) is 57.7 Å². The summed E-state index contributed by atoms with van der Waals surface area (Å²) in [5, 5.41) is 7.39. The average Bonchev–Trinajstić information content (AvgIpc) is 3.36. The number of hydrogen-bond acceptors (Lipinski definition) is 7. The largest absolute Gasteiger partial charge is 0.495 e. The van der Waals surface area contributed by atoms with Gasteiger partial charge in [0.2, 0.25) is 0 Å². The Morgan fingerprint density at radius 3 is 2.48 bits per heavy atom. The molecule has 2 aromatic carbocycles. The molecule has 44 heavy (non-hydrogen) atoms. The third-order valence-corrected chi connectivity index (χ3v) is 10.1. The monoisotopic (exact) mass is 632 g/mol. The lowest BCUT2D eigenvalue weighted by Gasteiger charge is -2.39. The van der Waals surface area contributed by atoms with Crippen LogP contribution in [0.4, 0.5) is 24.5 Å². The van der Waals surface area contributed by atoms with E-state index in [1.807, 2.05) is 6.07 Å². The number of nitrogens with one attached hydrogen (secondary N) is 2. The summed E-state index contributed by atoms with van der Waals surface area (Å²) in [4.78, 5) is 2.69. The van der Waals surface area contributed by atoms with Crippen LogP contribution >= 0.6 is 0 Å². The minimum Gasteiger partial charge on any atom is -0.495 e. The summed E-state index contributed by atoms with van der Waals surface area (Å²) < 4.78 is 77.5. The Morgan fingerprint density at radius 1 is 1.05 bits per heavy atom. The highest BCUT2D eigenvalue weighted by Crippen LogP contribution is 2.32. The molecule has 0 saturated carbocycles. The molecule has 0 amide bonds. The highest BCUT2D eigenvalue weighted by atomic mass is 32.2. The summed E-state index contributed by atoms with van der Waals surface area (Å²) >= 11 is 0. The molecule has 1 aromatic heterocycles. The number of rotatable bonds is 9. The highest BCUT2D eigenvalue weighted by Gasteiger charge is 2.30. The van der Waals surface area contributed by atoms with Crippen molar-refractivity contribution in [2.24, 2.45) is 0 Å². The molecular formula is C32H39F3N4O4S. The van der Waals surface area contributed by atoms with Gasteiger partial charge in [0.25, 0.3) is 0 Å². The molecule has 0 aliphatic carbocycles. The van der Waals surface area contributed by atoms with Crippen LogP contribution in [0, 0.1) is 11.8 Å². The van der Waals surface area contributed by atoms with Crippen LogP contribution in [-0.4, -0.2) is 81.9 Å². The zero-order valence-corrected chi connectivity index (χ0v) is 25.9. The molecule has 2 N–H and O–H groups in total. The molecule has 8 nitrogen and oxygen atoms in total. The predicted octanol–water partition coefficient (Wildman–Crippen LogP) is 5.52. The third kappa shape index (κ3) is 7.62. The average molecular weight is 633 g/mol. The van der Waals surface area contributed by atoms with Gasteiger partial charge in [0.15, 0.2) is 9.84 Å². The first-order valence-electron chi connectivity index (χ1n) is 15.0. The maximum Gasteiger partial charge on any atom is 0.406 e. The Balaban J connectivity index is 1.32. The second kappa shape index (κ2) is 13.7. The summed E-state index contributed by atoms with van der Waals surface area (Å²) in [6, 6.07) is 12.4. The number of hydrogen-bond donors (Lipinski definition) is 2. The Labute approximate surface area is 256 Å². The molecule has 0 bridgehead atoms. The minimum atomic E-state index is -4.42. The van der Waals surface area contributed by atoms with Crippen molar-refractivity contribution >= 4 is 32.1 Å². The number of nitrogens with zero attached hydrogens (tertiary/aromatic N) is 2. The van der Waals surface area contributed by atoms with Crippen LogP contribution in [0.1, 0.15) is 38.3 Å². The smallest absolute Gasteiger partial charge is 0.406 e. The molecule has 0 spiro atoms. The van der Waals surface area contributed by atoms with E-state index in [2.05, 4.69) is 27.4 Å². The molecule has 3 heterocycles. The number of aromatic nitrogens is 1. The van der Waals surface area contributed by atoms with Gasteiger partial charge in [-0.3, -0.25) is 0 Å². The van der Waals surface area contributed by atoms with Crippen LogP contribution in [0.25, 0.3) is 10.9 Å². The van der Waals surface area contributed by atoms with E-state index in [-0.39, 0.29) is 28.9 Å². The lowest BCUT2D eigenvalue weighted by Crippen LogP contribution is -2.46. The maximum atomic E-state index is 13.7. The van der Waals surface area contributed by atoms with Crippen LogP contribution in [0.15, 0.2) is 47.4 Å². The molecule has 3 aromatic rings. The second-order valence-electron chi connectivity index (χ2n) is 11.2. The number of halogens is 3. The number of benzene rings is 2. The topological polar surface area (TPSA) is 84.8 Å². The molecule has 2 aliphatic rings. The number of fused-ring (bicyclic) bond motifs is 1. The van der Waals surface area contributed by atoms with E-state index in [0.29, 0.717) is 28.4 Å². The van der Waals surface area contributed by atoms with Gasteiger partial charge in [0.05, 0.1) is 41.2 Å². The summed E-state index contributed by atoms with van der Waals surface area (Å²) in [5.74, 6) is 6.14. The van der Waals surface area contributed by atoms with Crippen LogP contribution in [0.2, 0.25) is 0 Å². The van der Waals surface area contributed by atoms with Crippen LogP contribution in [-0.2, 0) is 21.1 Å². The van der Waals surface area contributed by atoms with Crippen LogP contribution < -0.4 is 15.4 Å². The van der Waals surface area contributed by atoms with Crippen molar-refractivity contribution in [3.8, 4) is 17.6 Å². The van der Waals surface area contributed by atoms with Gasteiger partial charge in [-0.1, -0.05) is 18.9 Å². The molecule has 2 fully saturated rings. The molecule has 12 heteroatoms. The standard InChI is InChI=1S/C32H39F3N4O4S/c1-3-44(40,41)26-9-10-29(31(21-26)42-2)36-15-5-6-25-20-27-28(7-4-8-30(27)39(25)22-32(33,34)35)37-23-11-16-38(17-12-23)24-13-18-43-19-14-24/h4,7-10,20-21,23-24,36-37H,3,11-19,22H2,1-2H3. The quantitative estimate of drug-likeness (QED) is 0.301. The highest BCUT2D eigenvalue weighted by molar-refractivity contribution is 7.91.